The number of benzene rings is 1. The van der Waals surface area contributed by atoms with Crippen molar-refractivity contribution in [1.82, 2.24) is 4.72 Å². The molecule has 0 aliphatic heterocycles. The van der Waals surface area contributed by atoms with Crippen molar-refractivity contribution >= 4 is 11.4 Å². The van der Waals surface area contributed by atoms with Crippen LogP contribution in [0.25, 0.3) is 0 Å². The standard InChI is InChI=1S/C14H21NOS/c1-13(2,3)15-17(16)14(9-10-14)11-12-7-5-4-6-8-12/h4-8,15H,9-11H2,1-3H3. The number of hydrogen-bond acceptors (Lipinski definition) is 2. The van der Waals surface area contributed by atoms with Crippen molar-refractivity contribution in [2.45, 2.75) is 50.3 Å². The molecule has 2 rings (SSSR count). The molecule has 1 saturated carbocycles. The van der Waals surface area contributed by atoms with Crippen molar-refractivity contribution < 1.29 is 4.55 Å². The zero-order valence-electron chi connectivity index (χ0n) is 10.8. The normalized spacial score (nSPS) is 20.0. The minimum absolute atomic E-state index is 0.0192. The topological polar surface area (TPSA) is 35.1 Å². The van der Waals surface area contributed by atoms with Crippen LogP contribution in [0, 0.1) is 0 Å². The molecule has 1 aromatic carbocycles. The van der Waals surface area contributed by atoms with Crippen LogP contribution in [0.5, 0.6) is 0 Å². The van der Waals surface area contributed by atoms with Crippen molar-refractivity contribution in [3.8, 4) is 0 Å². The van der Waals surface area contributed by atoms with Crippen molar-refractivity contribution in [2.75, 3.05) is 0 Å². The second-order valence-corrected chi connectivity index (χ2v) is 7.57. The van der Waals surface area contributed by atoms with Gasteiger partial charge in [0.05, 0.1) is 5.54 Å². The lowest BCUT2D eigenvalue weighted by Gasteiger charge is -2.27. The van der Waals surface area contributed by atoms with E-state index in [-0.39, 0.29) is 10.3 Å². The molecule has 0 amide bonds. The van der Waals surface area contributed by atoms with Gasteiger partial charge >= 0.3 is 0 Å². The minimum atomic E-state index is -0.939. The average Bonchev–Trinajstić information content (AvgIpc) is 2.98. The maximum atomic E-state index is 12.3. The quantitative estimate of drug-likeness (QED) is 0.835. The monoisotopic (exact) mass is 251 g/mol. The predicted octanol–water partition coefficient (Wildman–Crippen LogP) is 2.81. The summed E-state index contributed by atoms with van der Waals surface area (Å²) in [7, 11) is 0. The van der Waals surface area contributed by atoms with Crippen LogP contribution in [0.4, 0.5) is 0 Å². The van der Waals surface area contributed by atoms with E-state index in [2.05, 4.69) is 37.6 Å². The molecular formula is C14H21NOS. The largest absolute Gasteiger partial charge is 0.598 e. The van der Waals surface area contributed by atoms with Crippen LogP contribution in [-0.2, 0) is 17.8 Å². The molecule has 1 N–H and O–H groups in total. The lowest BCUT2D eigenvalue weighted by atomic mass is 10.1. The summed E-state index contributed by atoms with van der Waals surface area (Å²) in [4.78, 5) is 0. The van der Waals surface area contributed by atoms with E-state index in [4.69, 9.17) is 0 Å². The van der Waals surface area contributed by atoms with Gasteiger partial charge in [-0.15, -0.1) is 4.72 Å². The second kappa shape index (κ2) is 4.63. The summed E-state index contributed by atoms with van der Waals surface area (Å²) in [5.41, 5.74) is 1.20. The van der Waals surface area contributed by atoms with E-state index in [9.17, 15) is 4.55 Å². The molecule has 2 nitrogen and oxygen atoms in total. The molecule has 0 radical (unpaired) electrons. The Balaban J connectivity index is 2.00. The van der Waals surface area contributed by atoms with E-state index in [1.165, 1.54) is 5.56 Å². The zero-order valence-corrected chi connectivity index (χ0v) is 11.6. The Bertz CT molecular complexity index is 368. The molecule has 0 heterocycles. The van der Waals surface area contributed by atoms with Gasteiger partial charge in [-0.05, 0) is 26.3 Å². The second-order valence-electron chi connectivity index (χ2n) is 5.97. The summed E-state index contributed by atoms with van der Waals surface area (Å²) in [6.07, 6.45) is 3.05. The highest BCUT2D eigenvalue weighted by Gasteiger charge is 2.55. The molecule has 0 spiro atoms. The first-order chi connectivity index (χ1) is 7.91. The van der Waals surface area contributed by atoms with Crippen LogP contribution in [0.3, 0.4) is 0 Å². The Hall–Kier alpha value is -0.510. The minimum Gasteiger partial charge on any atom is -0.598 e. The Morgan fingerprint density at radius 1 is 1.24 bits per heavy atom. The summed E-state index contributed by atoms with van der Waals surface area (Å²) in [6, 6.07) is 10.4. The Morgan fingerprint density at radius 2 is 1.82 bits per heavy atom. The lowest BCUT2D eigenvalue weighted by molar-refractivity contribution is 0.480. The molecular weight excluding hydrogens is 230 g/mol. The van der Waals surface area contributed by atoms with Gasteiger partial charge in [0.1, 0.15) is 4.75 Å². The molecule has 0 aromatic heterocycles. The van der Waals surface area contributed by atoms with Crippen LogP contribution in [0.15, 0.2) is 30.3 Å². The SMILES string of the molecule is CC(C)(C)N[S+]([O-])C1(Cc2ccccc2)CC1. The van der Waals surface area contributed by atoms with Crippen molar-refractivity contribution in [2.24, 2.45) is 0 Å². The van der Waals surface area contributed by atoms with Crippen LogP contribution < -0.4 is 4.72 Å². The maximum Gasteiger partial charge on any atom is 0.149 e. The Labute approximate surface area is 107 Å². The lowest BCUT2D eigenvalue weighted by Crippen LogP contribution is -2.47. The third kappa shape index (κ3) is 3.47. The molecule has 3 heteroatoms. The van der Waals surface area contributed by atoms with E-state index in [0.717, 1.165) is 19.3 Å². The third-order valence-electron chi connectivity index (χ3n) is 2.97. The van der Waals surface area contributed by atoms with E-state index in [1.54, 1.807) is 0 Å². The third-order valence-corrected chi connectivity index (χ3v) is 5.11. The van der Waals surface area contributed by atoms with Gasteiger partial charge in [0.2, 0.25) is 0 Å². The molecule has 1 atom stereocenters. The summed E-state index contributed by atoms with van der Waals surface area (Å²) >= 11 is -0.939. The van der Waals surface area contributed by atoms with Gasteiger partial charge in [0, 0.05) is 30.6 Å². The van der Waals surface area contributed by atoms with Crippen LogP contribution in [0.2, 0.25) is 0 Å². The fourth-order valence-corrected chi connectivity index (χ4v) is 3.46. The van der Waals surface area contributed by atoms with Gasteiger partial charge in [0.25, 0.3) is 0 Å². The van der Waals surface area contributed by atoms with Crippen LogP contribution >= 0.6 is 0 Å². The van der Waals surface area contributed by atoms with Crippen molar-refractivity contribution in [1.29, 1.82) is 0 Å². The Morgan fingerprint density at radius 3 is 2.29 bits per heavy atom. The summed E-state index contributed by atoms with van der Waals surface area (Å²) < 4.78 is 15.5. The molecule has 0 bridgehead atoms. The van der Waals surface area contributed by atoms with E-state index in [0.29, 0.717) is 0 Å². The van der Waals surface area contributed by atoms with Gasteiger partial charge in [0.15, 0.2) is 0 Å². The molecule has 0 saturated heterocycles. The molecule has 1 aliphatic rings. The molecule has 17 heavy (non-hydrogen) atoms. The first-order valence-corrected chi connectivity index (χ1v) is 7.30. The average molecular weight is 251 g/mol. The van der Waals surface area contributed by atoms with Crippen molar-refractivity contribution in [3.63, 3.8) is 0 Å². The summed E-state index contributed by atoms with van der Waals surface area (Å²) in [6.45, 7) is 6.18. The van der Waals surface area contributed by atoms with Crippen molar-refractivity contribution in [3.05, 3.63) is 35.9 Å². The maximum absolute atomic E-state index is 12.3. The van der Waals surface area contributed by atoms with Gasteiger partial charge in [-0.3, -0.25) is 0 Å². The first-order valence-electron chi connectivity index (χ1n) is 6.15. The first kappa shape index (κ1) is 12.9. The van der Waals surface area contributed by atoms with Gasteiger partial charge in [-0.2, -0.15) is 0 Å². The number of hydrogen-bond donors (Lipinski definition) is 1. The fourth-order valence-electron chi connectivity index (χ4n) is 1.92. The molecule has 1 aliphatic carbocycles. The molecule has 1 aromatic rings. The van der Waals surface area contributed by atoms with Gasteiger partial charge in [-0.1, -0.05) is 30.3 Å². The van der Waals surface area contributed by atoms with E-state index >= 15 is 0 Å². The molecule has 1 unspecified atom stereocenters. The van der Waals surface area contributed by atoms with E-state index < -0.39 is 11.4 Å². The van der Waals surface area contributed by atoms with Crippen LogP contribution in [0.1, 0.15) is 39.2 Å². The Kier molecular flexibility index (Phi) is 3.53. The summed E-state index contributed by atoms with van der Waals surface area (Å²) in [5, 5.41) is 0. The highest BCUT2D eigenvalue weighted by atomic mass is 32.2. The number of nitrogens with one attached hydrogen (secondary N) is 1. The number of rotatable bonds is 4. The highest BCUT2D eigenvalue weighted by Crippen LogP contribution is 2.46. The predicted molar refractivity (Wildman–Crippen MR) is 73.1 cm³/mol. The van der Waals surface area contributed by atoms with Gasteiger partial charge < -0.3 is 4.55 Å². The molecule has 1 fully saturated rings. The van der Waals surface area contributed by atoms with Crippen LogP contribution in [-0.4, -0.2) is 14.8 Å². The molecule has 94 valence electrons. The van der Waals surface area contributed by atoms with E-state index in [1.807, 2.05) is 18.2 Å². The smallest absolute Gasteiger partial charge is 0.149 e. The highest BCUT2D eigenvalue weighted by molar-refractivity contribution is 7.91. The van der Waals surface area contributed by atoms with Gasteiger partial charge in [-0.25, -0.2) is 0 Å². The zero-order chi connectivity index (χ0) is 12.5. The summed E-state index contributed by atoms with van der Waals surface area (Å²) in [5.74, 6) is 0. The fraction of sp³-hybridized carbons (Fsp3) is 0.571.